The maximum atomic E-state index is 14.6. The normalized spacial score (nSPS) is 22.0. The minimum absolute atomic E-state index is 0.0340. The summed E-state index contributed by atoms with van der Waals surface area (Å²) in [6.45, 7) is 5.52. The summed E-state index contributed by atoms with van der Waals surface area (Å²) in [5, 5.41) is 0.657. The number of benzene rings is 1. The van der Waals surface area contributed by atoms with Crippen molar-refractivity contribution in [2.24, 2.45) is 0 Å². The molecule has 21 heavy (non-hydrogen) atoms. The first-order valence-electron chi connectivity index (χ1n) is 7.36. The van der Waals surface area contributed by atoms with Crippen LogP contribution in [-0.2, 0) is 6.05 Å². The summed E-state index contributed by atoms with van der Waals surface area (Å²) in [5.74, 6) is 0. The zero-order valence-electron chi connectivity index (χ0n) is 12.1. The van der Waals surface area contributed by atoms with Gasteiger partial charge in [0.15, 0.2) is 0 Å². The van der Waals surface area contributed by atoms with Gasteiger partial charge in [-0.05, 0) is 37.1 Å². The molecule has 1 saturated carbocycles. The van der Waals surface area contributed by atoms with Crippen LogP contribution in [0, 0.1) is 6.92 Å². The van der Waals surface area contributed by atoms with Crippen LogP contribution >= 0.6 is 0 Å². The van der Waals surface area contributed by atoms with Gasteiger partial charge in [-0.15, -0.1) is 4.48 Å². The molecule has 2 nitrogen and oxygen atoms in total. The quantitative estimate of drug-likeness (QED) is 0.573. The van der Waals surface area contributed by atoms with Crippen LogP contribution < -0.4 is 0 Å². The molecule has 0 saturated heterocycles. The van der Waals surface area contributed by atoms with Crippen molar-refractivity contribution >= 4 is 5.70 Å². The lowest BCUT2D eigenvalue weighted by atomic mass is 9.96. The van der Waals surface area contributed by atoms with E-state index in [0.717, 1.165) is 24.8 Å². The highest BCUT2D eigenvalue weighted by molar-refractivity contribution is 5.71. The zero-order chi connectivity index (χ0) is 15.2. The van der Waals surface area contributed by atoms with Gasteiger partial charge in [-0.25, -0.2) is 5.01 Å². The van der Waals surface area contributed by atoms with Crippen LogP contribution in [0.15, 0.2) is 24.8 Å². The number of aryl methyl sites for hydroxylation is 1. The number of rotatable bonds is 2. The maximum absolute atomic E-state index is 14.6. The van der Waals surface area contributed by atoms with E-state index in [-0.39, 0.29) is 16.5 Å². The van der Waals surface area contributed by atoms with E-state index in [1.807, 2.05) is 6.92 Å². The third-order valence-electron chi connectivity index (χ3n) is 4.40. The number of halogens is 3. The molecule has 0 bridgehead atoms. The highest BCUT2D eigenvalue weighted by Gasteiger charge is 2.53. The van der Waals surface area contributed by atoms with Crippen molar-refractivity contribution in [1.29, 1.82) is 0 Å². The number of nitrogens with zero attached hydrogens (tertiary/aromatic N) is 2. The third-order valence-corrected chi connectivity index (χ3v) is 4.40. The minimum atomic E-state index is -3.38. The van der Waals surface area contributed by atoms with Crippen LogP contribution in [0.4, 0.5) is 13.3 Å². The van der Waals surface area contributed by atoms with Gasteiger partial charge in [0, 0.05) is 5.56 Å². The third kappa shape index (κ3) is 2.24. The monoisotopic (exact) mass is 296 g/mol. The number of hydrogen-bond donors (Lipinski definition) is 0. The molecule has 0 spiro atoms. The van der Waals surface area contributed by atoms with E-state index >= 15 is 0 Å². The fourth-order valence-corrected chi connectivity index (χ4v) is 3.25. The molecule has 1 aromatic rings. The van der Waals surface area contributed by atoms with Gasteiger partial charge in [-0.2, -0.15) is 8.78 Å². The highest BCUT2D eigenvalue weighted by atomic mass is 19.3. The second kappa shape index (κ2) is 5.05. The topological polar surface area (TPSA) is 6.48 Å². The number of hydrazine groups is 1. The van der Waals surface area contributed by atoms with Crippen molar-refractivity contribution in [2.75, 3.05) is 0 Å². The van der Waals surface area contributed by atoms with E-state index in [0.29, 0.717) is 23.4 Å². The molecular formula is C16H19F3N2. The van der Waals surface area contributed by atoms with Crippen molar-refractivity contribution in [1.82, 2.24) is 10.2 Å². The van der Waals surface area contributed by atoms with Gasteiger partial charge < -0.3 is 0 Å². The standard InChI is InChI=1S/C16H19F3N2/c1-11-8-9-15-14(10-11)12(2)20(16(15,17)18)21(19)13-6-4-3-5-7-13/h8-10,13H,2-7H2,1H3. The first-order chi connectivity index (χ1) is 9.93. The Bertz CT molecular complexity index is 565. The van der Waals surface area contributed by atoms with E-state index in [4.69, 9.17) is 0 Å². The van der Waals surface area contributed by atoms with Crippen LogP contribution in [0.1, 0.15) is 48.8 Å². The Morgan fingerprint density at radius 1 is 1.24 bits per heavy atom. The van der Waals surface area contributed by atoms with Crippen LogP contribution in [0.2, 0.25) is 0 Å². The fraction of sp³-hybridized carbons (Fsp3) is 0.500. The molecule has 1 aliphatic heterocycles. The molecule has 5 heteroatoms. The molecule has 0 aromatic heterocycles. The molecule has 0 N–H and O–H groups in total. The molecule has 0 radical (unpaired) electrons. The molecule has 0 atom stereocenters. The average Bonchev–Trinajstić information content (AvgIpc) is 2.66. The van der Waals surface area contributed by atoms with Gasteiger partial charge in [-0.3, -0.25) is 0 Å². The Labute approximate surface area is 122 Å². The van der Waals surface area contributed by atoms with Crippen LogP contribution in [0.25, 0.3) is 5.70 Å². The Hall–Kier alpha value is -1.49. The van der Waals surface area contributed by atoms with Crippen molar-refractivity contribution < 1.29 is 13.3 Å². The smallest absolute Gasteiger partial charge is 0.212 e. The van der Waals surface area contributed by atoms with Crippen molar-refractivity contribution in [3.8, 4) is 0 Å². The summed E-state index contributed by atoms with van der Waals surface area (Å²) in [6, 6.07) is 0.751. The summed E-state index contributed by atoms with van der Waals surface area (Å²) in [5.41, 5.74) is 1.05. The van der Waals surface area contributed by atoms with Crippen molar-refractivity contribution in [3.63, 3.8) is 0 Å². The van der Waals surface area contributed by atoms with E-state index in [9.17, 15) is 13.3 Å². The summed E-state index contributed by atoms with van der Waals surface area (Å²) < 4.78 is 43.8. The summed E-state index contributed by atoms with van der Waals surface area (Å²) in [4.78, 5) is 0. The molecule has 1 fully saturated rings. The van der Waals surface area contributed by atoms with E-state index in [1.165, 1.54) is 6.07 Å². The van der Waals surface area contributed by atoms with Gasteiger partial charge in [-0.1, -0.05) is 37.5 Å². The van der Waals surface area contributed by atoms with Gasteiger partial charge in [0.05, 0.1) is 17.3 Å². The van der Waals surface area contributed by atoms with E-state index in [1.54, 1.807) is 12.1 Å². The van der Waals surface area contributed by atoms with Crippen LogP contribution in [0.3, 0.4) is 0 Å². The largest absolute Gasteiger partial charge is 0.368 e. The number of hydrogen-bond acceptors (Lipinski definition) is 2. The lowest BCUT2D eigenvalue weighted by molar-refractivity contribution is -0.291. The first-order valence-corrected chi connectivity index (χ1v) is 7.36. The van der Waals surface area contributed by atoms with Crippen LogP contribution in [-0.4, -0.2) is 16.3 Å². The SMILES string of the molecule is C=C1c2cc(C)ccc2C(F)(F)N1N(F)C1CCCCC1. The average molecular weight is 296 g/mol. The zero-order valence-corrected chi connectivity index (χ0v) is 12.1. The Morgan fingerprint density at radius 3 is 2.57 bits per heavy atom. The Kier molecular flexibility index (Phi) is 3.48. The second-order valence-electron chi connectivity index (χ2n) is 5.93. The first kappa shape index (κ1) is 14.4. The molecular weight excluding hydrogens is 277 g/mol. The van der Waals surface area contributed by atoms with Crippen molar-refractivity contribution in [2.45, 2.75) is 51.1 Å². The molecule has 1 aliphatic carbocycles. The summed E-state index contributed by atoms with van der Waals surface area (Å²) in [7, 11) is 0. The molecule has 1 heterocycles. The summed E-state index contributed by atoms with van der Waals surface area (Å²) >= 11 is 0. The molecule has 0 unspecified atom stereocenters. The number of fused-ring (bicyclic) bond motifs is 1. The molecule has 2 aliphatic rings. The van der Waals surface area contributed by atoms with Gasteiger partial charge in [0.25, 0.3) is 0 Å². The van der Waals surface area contributed by atoms with Gasteiger partial charge >= 0.3 is 6.05 Å². The predicted octanol–water partition coefficient (Wildman–Crippen LogP) is 4.76. The lowest BCUT2D eigenvalue weighted by Gasteiger charge is -2.37. The van der Waals surface area contributed by atoms with Gasteiger partial charge in [0.2, 0.25) is 0 Å². The van der Waals surface area contributed by atoms with Crippen LogP contribution in [0.5, 0.6) is 0 Å². The van der Waals surface area contributed by atoms with Crippen molar-refractivity contribution in [3.05, 3.63) is 41.5 Å². The van der Waals surface area contributed by atoms with E-state index in [2.05, 4.69) is 6.58 Å². The van der Waals surface area contributed by atoms with E-state index < -0.39 is 12.1 Å². The van der Waals surface area contributed by atoms with Gasteiger partial charge in [0.1, 0.15) is 0 Å². The Morgan fingerprint density at radius 2 is 1.90 bits per heavy atom. The highest BCUT2D eigenvalue weighted by Crippen LogP contribution is 2.49. The molecule has 3 rings (SSSR count). The second-order valence-corrected chi connectivity index (χ2v) is 5.93. The molecule has 0 amide bonds. The molecule has 114 valence electrons. The maximum Gasteiger partial charge on any atom is 0.368 e. The predicted molar refractivity (Wildman–Crippen MR) is 75.8 cm³/mol. The number of alkyl halides is 2. The lowest BCUT2D eigenvalue weighted by Crippen LogP contribution is -2.47. The minimum Gasteiger partial charge on any atom is -0.212 e. The Balaban J connectivity index is 1.95. The summed E-state index contributed by atoms with van der Waals surface area (Å²) in [6.07, 6.45) is 4.00. The molecule has 1 aromatic carbocycles. The fourth-order valence-electron chi connectivity index (χ4n) is 3.25.